The van der Waals surface area contributed by atoms with Crippen molar-refractivity contribution < 1.29 is 0 Å². The lowest BCUT2D eigenvalue weighted by Gasteiger charge is -2.07. The fourth-order valence-corrected chi connectivity index (χ4v) is 1.94. The van der Waals surface area contributed by atoms with E-state index in [4.69, 9.17) is 11.0 Å². The highest BCUT2D eigenvalue weighted by molar-refractivity contribution is 9.10. The molecule has 3 N–H and O–H groups in total. The minimum absolute atomic E-state index is 0.245. The van der Waals surface area contributed by atoms with Gasteiger partial charge in [0.25, 0.3) is 0 Å². The molecule has 2 rings (SSSR count). The zero-order valence-electron chi connectivity index (χ0n) is 9.52. The zero-order chi connectivity index (χ0) is 13.0. The monoisotopic (exact) mass is 302 g/mol. The molecular weight excluding hydrogens is 292 g/mol. The first-order valence-electron chi connectivity index (χ1n) is 5.34. The van der Waals surface area contributed by atoms with Gasteiger partial charge in [0.1, 0.15) is 11.9 Å². The molecule has 0 saturated heterocycles. The lowest BCUT2D eigenvalue weighted by atomic mass is 10.2. The van der Waals surface area contributed by atoms with Gasteiger partial charge in [-0.25, -0.2) is 4.98 Å². The van der Waals surface area contributed by atoms with Crippen LogP contribution >= 0.6 is 15.9 Å². The number of anilines is 2. The molecule has 2 aromatic rings. The van der Waals surface area contributed by atoms with E-state index in [0.29, 0.717) is 18.1 Å². The molecular formula is C13H11BrN4. The Kier molecular flexibility index (Phi) is 3.80. The molecule has 1 heterocycles. The van der Waals surface area contributed by atoms with Crippen LogP contribution in [-0.2, 0) is 6.54 Å². The molecule has 4 nitrogen and oxygen atoms in total. The summed E-state index contributed by atoms with van der Waals surface area (Å²) >= 11 is 3.42. The van der Waals surface area contributed by atoms with E-state index in [2.05, 4.69) is 26.2 Å². The second kappa shape index (κ2) is 5.52. The standard InChI is InChI=1S/C13H11BrN4/c14-10-3-1-2-9(6-10)8-17-13-5-4-11(16)12(7-15)18-13/h1-6H,8,16H2,(H,17,18). The van der Waals surface area contributed by atoms with Crippen LogP contribution in [0.25, 0.3) is 0 Å². The third kappa shape index (κ3) is 2.99. The number of rotatable bonds is 3. The van der Waals surface area contributed by atoms with Gasteiger partial charge in [-0.1, -0.05) is 28.1 Å². The maximum atomic E-state index is 8.84. The van der Waals surface area contributed by atoms with Crippen LogP contribution in [0.4, 0.5) is 11.5 Å². The molecule has 0 aliphatic rings. The van der Waals surface area contributed by atoms with Gasteiger partial charge in [0.2, 0.25) is 0 Å². The average Bonchev–Trinajstić information content (AvgIpc) is 2.38. The second-order valence-electron chi connectivity index (χ2n) is 3.73. The fraction of sp³-hybridized carbons (Fsp3) is 0.0769. The van der Waals surface area contributed by atoms with Crippen molar-refractivity contribution >= 4 is 27.4 Å². The molecule has 0 radical (unpaired) electrons. The number of aromatic nitrogens is 1. The first-order valence-corrected chi connectivity index (χ1v) is 6.13. The summed E-state index contributed by atoms with van der Waals surface area (Å²) in [7, 11) is 0. The summed E-state index contributed by atoms with van der Waals surface area (Å²) < 4.78 is 1.03. The minimum atomic E-state index is 0.245. The van der Waals surface area contributed by atoms with Crippen molar-refractivity contribution in [1.82, 2.24) is 4.98 Å². The molecule has 0 amide bonds. The number of nitrogens with one attached hydrogen (secondary N) is 1. The molecule has 5 heteroatoms. The lowest BCUT2D eigenvalue weighted by Crippen LogP contribution is -2.03. The quantitative estimate of drug-likeness (QED) is 0.914. The van der Waals surface area contributed by atoms with Crippen LogP contribution in [0.2, 0.25) is 0 Å². The summed E-state index contributed by atoms with van der Waals surface area (Å²) in [6.07, 6.45) is 0. The summed E-state index contributed by atoms with van der Waals surface area (Å²) in [6, 6.07) is 13.4. The molecule has 90 valence electrons. The highest BCUT2D eigenvalue weighted by Gasteiger charge is 2.02. The van der Waals surface area contributed by atoms with Gasteiger partial charge in [0.05, 0.1) is 5.69 Å². The van der Waals surface area contributed by atoms with E-state index in [1.807, 2.05) is 30.3 Å². The highest BCUT2D eigenvalue weighted by atomic mass is 79.9. The molecule has 0 fully saturated rings. The molecule has 0 aliphatic carbocycles. The Labute approximate surface area is 114 Å². The molecule has 0 unspecified atom stereocenters. The summed E-state index contributed by atoms with van der Waals surface area (Å²) in [5.74, 6) is 0.640. The van der Waals surface area contributed by atoms with Crippen LogP contribution in [-0.4, -0.2) is 4.98 Å². The average molecular weight is 303 g/mol. The molecule has 1 aromatic heterocycles. The molecule has 0 bridgehead atoms. The molecule has 0 aliphatic heterocycles. The van der Waals surface area contributed by atoms with Gasteiger partial charge in [0, 0.05) is 11.0 Å². The van der Waals surface area contributed by atoms with Gasteiger partial charge in [-0.05, 0) is 29.8 Å². The molecule has 1 aromatic carbocycles. The largest absolute Gasteiger partial charge is 0.396 e. The van der Waals surface area contributed by atoms with Crippen molar-refractivity contribution in [3.8, 4) is 6.07 Å². The number of nitrogens with zero attached hydrogens (tertiary/aromatic N) is 2. The highest BCUT2D eigenvalue weighted by Crippen LogP contribution is 2.15. The maximum Gasteiger partial charge on any atom is 0.165 e. The first-order chi connectivity index (χ1) is 8.69. The smallest absolute Gasteiger partial charge is 0.165 e. The molecule has 18 heavy (non-hydrogen) atoms. The van der Waals surface area contributed by atoms with E-state index in [1.54, 1.807) is 12.1 Å². The van der Waals surface area contributed by atoms with Gasteiger partial charge >= 0.3 is 0 Å². The predicted molar refractivity (Wildman–Crippen MR) is 74.8 cm³/mol. The van der Waals surface area contributed by atoms with Crippen molar-refractivity contribution in [3.63, 3.8) is 0 Å². The number of nitriles is 1. The van der Waals surface area contributed by atoms with E-state index in [1.165, 1.54) is 0 Å². The SMILES string of the molecule is N#Cc1nc(NCc2cccc(Br)c2)ccc1N. The summed E-state index contributed by atoms with van der Waals surface area (Å²) in [6.45, 7) is 0.640. The van der Waals surface area contributed by atoms with Gasteiger partial charge in [-0.2, -0.15) is 5.26 Å². The third-order valence-corrected chi connectivity index (χ3v) is 2.89. The zero-order valence-corrected chi connectivity index (χ0v) is 11.1. The number of benzene rings is 1. The Hall–Kier alpha value is -2.06. The Morgan fingerprint density at radius 2 is 2.17 bits per heavy atom. The van der Waals surface area contributed by atoms with Gasteiger partial charge < -0.3 is 11.1 Å². The minimum Gasteiger partial charge on any atom is -0.396 e. The van der Waals surface area contributed by atoms with Crippen molar-refractivity contribution in [2.24, 2.45) is 0 Å². The maximum absolute atomic E-state index is 8.84. The van der Waals surface area contributed by atoms with Crippen molar-refractivity contribution in [2.45, 2.75) is 6.54 Å². The Morgan fingerprint density at radius 1 is 1.33 bits per heavy atom. The molecule has 0 saturated carbocycles. The number of halogens is 1. The summed E-state index contributed by atoms with van der Waals surface area (Å²) in [5.41, 5.74) is 7.37. The van der Waals surface area contributed by atoms with Gasteiger partial charge in [0.15, 0.2) is 5.69 Å². The van der Waals surface area contributed by atoms with Gasteiger partial charge in [-0.3, -0.25) is 0 Å². The van der Waals surface area contributed by atoms with E-state index < -0.39 is 0 Å². The first kappa shape index (κ1) is 12.4. The van der Waals surface area contributed by atoms with E-state index in [9.17, 15) is 0 Å². The van der Waals surface area contributed by atoms with Crippen LogP contribution in [0, 0.1) is 11.3 Å². The van der Waals surface area contributed by atoms with E-state index in [0.717, 1.165) is 10.0 Å². The number of nitrogen functional groups attached to an aromatic ring is 1. The van der Waals surface area contributed by atoms with Crippen molar-refractivity contribution in [2.75, 3.05) is 11.1 Å². The number of hydrogen-bond acceptors (Lipinski definition) is 4. The van der Waals surface area contributed by atoms with E-state index >= 15 is 0 Å². The third-order valence-electron chi connectivity index (χ3n) is 2.40. The second-order valence-corrected chi connectivity index (χ2v) is 4.65. The van der Waals surface area contributed by atoms with Gasteiger partial charge in [-0.15, -0.1) is 0 Å². The number of nitrogens with two attached hydrogens (primary N) is 1. The topological polar surface area (TPSA) is 74.7 Å². The summed E-state index contributed by atoms with van der Waals surface area (Å²) in [4.78, 5) is 4.12. The Balaban J connectivity index is 2.09. The van der Waals surface area contributed by atoms with Crippen molar-refractivity contribution in [1.29, 1.82) is 5.26 Å². The molecule has 0 spiro atoms. The fourth-order valence-electron chi connectivity index (χ4n) is 1.50. The summed E-state index contributed by atoms with van der Waals surface area (Å²) in [5, 5.41) is 12.0. The van der Waals surface area contributed by atoms with Crippen molar-refractivity contribution in [3.05, 3.63) is 52.1 Å². The predicted octanol–water partition coefficient (Wildman–Crippen LogP) is 2.91. The van der Waals surface area contributed by atoms with Crippen LogP contribution in [0.3, 0.4) is 0 Å². The lowest BCUT2D eigenvalue weighted by molar-refractivity contribution is 1.10. The number of pyridine rings is 1. The normalized spacial score (nSPS) is 9.78. The molecule has 0 atom stereocenters. The Bertz CT molecular complexity index is 604. The number of hydrogen-bond donors (Lipinski definition) is 2. The van der Waals surface area contributed by atoms with Crippen LogP contribution < -0.4 is 11.1 Å². The van der Waals surface area contributed by atoms with Crippen LogP contribution in [0.1, 0.15) is 11.3 Å². The van der Waals surface area contributed by atoms with Crippen LogP contribution in [0.15, 0.2) is 40.9 Å². The van der Waals surface area contributed by atoms with Crippen LogP contribution in [0.5, 0.6) is 0 Å². The van der Waals surface area contributed by atoms with E-state index in [-0.39, 0.29) is 5.69 Å². The Morgan fingerprint density at radius 3 is 2.89 bits per heavy atom.